The standard InChI is InChI=1S/C19H29BrN2O6/c1-3-5-7-21-16(24)15-19-10-11(20)14(28-19)12(18(26)27-4-2)13(19)17(25)22(15)8-6-9-23/h11-15,23H,3-10H2,1-2H3,(H,21,24)/t11?,12-,13+,14-,15-,19+/m0/s1. The topological polar surface area (TPSA) is 105 Å². The fourth-order valence-electron chi connectivity index (χ4n) is 4.90. The van der Waals surface area contributed by atoms with Crippen LogP contribution in [0.2, 0.25) is 0 Å². The van der Waals surface area contributed by atoms with Crippen LogP contribution in [-0.4, -0.2) is 76.7 Å². The van der Waals surface area contributed by atoms with Gasteiger partial charge in [0.2, 0.25) is 11.8 Å². The SMILES string of the molecule is CCCCNC(=O)[C@@H]1N(CCCO)C(=O)[C@H]2[C@H](C(=O)OCC)[C@H]3O[C@@]12CC3Br. The molecule has 2 amide bonds. The van der Waals surface area contributed by atoms with Crippen molar-refractivity contribution < 1.29 is 29.0 Å². The number of hydrogen-bond acceptors (Lipinski definition) is 6. The minimum atomic E-state index is -1.04. The largest absolute Gasteiger partial charge is 0.466 e. The molecule has 8 nitrogen and oxygen atoms in total. The van der Waals surface area contributed by atoms with Crippen LogP contribution in [0.25, 0.3) is 0 Å². The van der Waals surface area contributed by atoms with Gasteiger partial charge in [0.1, 0.15) is 11.6 Å². The first-order valence-corrected chi connectivity index (χ1v) is 11.0. The third kappa shape index (κ3) is 3.35. The Bertz CT molecular complexity index is 632. The fraction of sp³-hybridized carbons (Fsp3) is 0.842. The Balaban J connectivity index is 1.94. The average molecular weight is 461 g/mol. The quantitative estimate of drug-likeness (QED) is 0.296. The third-order valence-electron chi connectivity index (χ3n) is 5.98. The minimum absolute atomic E-state index is 0.0858. The third-order valence-corrected chi connectivity index (χ3v) is 6.83. The van der Waals surface area contributed by atoms with Crippen LogP contribution < -0.4 is 5.32 Å². The van der Waals surface area contributed by atoms with Gasteiger partial charge in [0.25, 0.3) is 0 Å². The van der Waals surface area contributed by atoms with Gasteiger partial charge < -0.3 is 24.8 Å². The molecule has 0 aromatic heterocycles. The number of alkyl halides is 1. The molecule has 0 aliphatic carbocycles. The van der Waals surface area contributed by atoms with Crippen molar-refractivity contribution in [2.75, 3.05) is 26.3 Å². The van der Waals surface area contributed by atoms with E-state index in [9.17, 15) is 19.5 Å². The predicted molar refractivity (Wildman–Crippen MR) is 104 cm³/mol. The number of aliphatic hydroxyl groups excluding tert-OH is 1. The van der Waals surface area contributed by atoms with Gasteiger partial charge in [-0.25, -0.2) is 0 Å². The summed E-state index contributed by atoms with van der Waals surface area (Å²) < 4.78 is 11.5. The highest BCUT2D eigenvalue weighted by Crippen LogP contribution is 2.60. The Labute approximate surface area is 173 Å². The number of fused-ring (bicyclic) bond motifs is 1. The number of unbranched alkanes of at least 4 members (excludes halogenated alkanes) is 1. The maximum absolute atomic E-state index is 13.3. The molecule has 3 aliphatic rings. The summed E-state index contributed by atoms with van der Waals surface area (Å²) in [6.45, 7) is 4.67. The van der Waals surface area contributed by atoms with Gasteiger partial charge in [-0.3, -0.25) is 14.4 Å². The average Bonchev–Trinajstić information content (AvgIpc) is 3.24. The van der Waals surface area contributed by atoms with Crippen molar-refractivity contribution >= 4 is 33.7 Å². The zero-order valence-electron chi connectivity index (χ0n) is 16.4. The van der Waals surface area contributed by atoms with Crippen molar-refractivity contribution in [1.82, 2.24) is 10.2 Å². The molecular weight excluding hydrogens is 432 g/mol. The summed E-state index contributed by atoms with van der Waals surface area (Å²) >= 11 is 3.59. The van der Waals surface area contributed by atoms with E-state index in [1.54, 1.807) is 6.92 Å². The van der Waals surface area contributed by atoms with Crippen molar-refractivity contribution in [1.29, 1.82) is 0 Å². The molecule has 0 saturated carbocycles. The molecule has 9 heteroatoms. The second-order valence-corrected chi connectivity index (χ2v) is 8.85. The fourth-order valence-corrected chi connectivity index (χ4v) is 5.85. The number of halogens is 1. The molecule has 2 N–H and O–H groups in total. The van der Waals surface area contributed by atoms with Gasteiger partial charge in [-0.15, -0.1) is 0 Å². The van der Waals surface area contributed by atoms with Crippen molar-refractivity contribution in [2.45, 2.75) is 62.1 Å². The highest BCUT2D eigenvalue weighted by Gasteiger charge is 2.76. The van der Waals surface area contributed by atoms with Crippen LogP contribution in [0.4, 0.5) is 0 Å². The molecular formula is C19H29BrN2O6. The number of rotatable bonds is 9. The van der Waals surface area contributed by atoms with Gasteiger partial charge in [-0.05, 0) is 26.2 Å². The van der Waals surface area contributed by atoms with Crippen LogP contribution in [0.3, 0.4) is 0 Å². The van der Waals surface area contributed by atoms with Gasteiger partial charge >= 0.3 is 5.97 Å². The lowest BCUT2D eigenvalue weighted by Crippen LogP contribution is -2.56. The van der Waals surface area contributed by atoms with Crippen LogP contribution in [-0.2, 0) is 23.9 Å². The zero-order chi connectivity index (χ0) is 20.5. The summed E-state index contributed by atoms with van der Waals surface area (Å²) in [4.78, 5) is 40.4. The molecule has 3 rings (SSSR count). The highest BCUT2D eigenvalue weighted by atomic mass is 79.9. The summed E-state index contributed by atoms with van der Waals surface area (Å²) in [5, 5.41) is 12.2. The van der Waals surface area contributed by atoms with E-state index in [2.05, 4.69) is 21.2 Å². The lowest BCUT2D eigenvalue weighted by molar-refractivity contribution is -0.154. The molecule has 3 heterocycles. The Morgan fingerprint density at radius 2 is 2.14 bits per heavy atom. The van der Waals surface area contributed by atoms with E-state index in [1.807, 2.05) is 6.92 Å². The number of aliphatic hydroxyl groups is 1. The lowest BCUT2D eigenvalue weighted by Gasteiger charge is -2.34. The van der Waals surface area contributed by atoms with Crippen LogP contribution in [0.1, 0.15) is 39.5 Å². The number of nitrogens with one attached hydrogen (secondary N) is 1. The Hall–Kier alpha value is -1.19. The summed E-state index contributed by atoms with van der Waals surface area (Å²) in [5.41, 5.74) is -1.04. The number of ether oxygens (including phenoxy) is 2. The second kappa shape index (κ2) is 8.67. The summed E-state index contributed by atoms with van der Waals surface area (Å²) in [5.74, 6) is -2.43. The Kier molecular flexibility index (Phi) is 6.66. The summed E-state index contributed by atoms with van der Waals surface area (Å²) in [6, 6.07) is -0.808. The normalized spacial score (nSPS) is 35.9. The van der Waals surface area contributed by atoms with Crippen LogP contribution in [0.5, 0.6) is 0 Å². The number of carbonyl (C=O) groups is 3. The van der Waals surface area contributed by atoms with Crippen LogP contribution in [0, 0.1) is 11.8 Å². The smallest absolute Gasteiger partial charge is 0.312 e. The Morgan fingerprint density at radius 1 is 1.39 bits per heavy atom. The molecule has 158 valence electrons. The molecule has 1 spiro atoms. The lowest BCUT2D eigenvalue weighted by atomic mass is 9.70. The second-order valence-electron chi connectivity index (χ2n) is 7.67. The number of esters is 1. The van der Waals surface area contributed by atoms with Gasteiger partial charge in [-0.2, -0.15) is 0 Å². The molecule has 2 bridgehead atoms. The van der Waals surface area contributed by atoms with Gasteiger partial charge in [0.15, 0.2) is 0 Å². The van der Waals surface area contributed by atoms with E-state index in [1.165, 1.54) is 4.90 Å². The molecule has 3 aliphatic heterocycles. The molecule has 3 saturated heterocycles. The molecule has 1 unspecified atom stereocenters. The van der Waals surface area contributed by atoms with Gasteiger partial charge in [-0.1, -0.05) is 29.3 Å². The number of nitrogens with zero attached hydrogens (tertiary/aromatic N) is 1. The maximum atomic E-state index is 13.3. The summed E-state index contributed by atoms with van der Waals surface area (Å²) in [7, 11) is 0. The first-order valence-electron chi connectivity index (χ1n) is 10.1. The summed E-state index contributed by atoms with van der Waals surface area (Å²) in [6.07, 6.45) is 2.14. The van der Waals surface area contributed by atoms with E-state index in [0.29, 0.717) is 19.4 Å². The molecule has 0 radical (unpaired) electrons. The number of hydrogen-bond donors (Lipinski definition) is 2. The zero-order valence-corrected chi connectivity index (χ0v) is 17.9. The number of likely N-dealkylation sites (tertiary alicyclic amines) is 1. The van der Waals surface area contributed by atoms with Crippen LogP contribution >= 0.6 is 15.9 Å². The highest BCUT2D eigenvalue weighted by molar-refractivity contribution is 9.09. The molecule has 0 aromatic rings. The van der Waals surface area contributed by atoms with Crippen molar-refractivity contribution in [3.8, 4) is 0 Å². The molecule has 0 aromatic carbocycles. The molecule has 6 atom stereocenters. The van der Waals surface area contributed by atoms with Crippen molar-refractivity contribution in [3.05, 3.63) is 0 Å². The minimum Gasteiger partial charge on any atom is -0.466 e. The number of carbonyl (C=O) groups excluding carboxylic acids is 3. The van der Waals surface area contributed by atoms with E-state index >= 15 is 0 Å². The van der Waals surface area contributed by atoms with Crippen LogP contribution in [0.15, 0.2) is 0 Å². The Morgan fingerprint density at radius 3 is 2.79 bits per heavy atom. The van der Waals surface area contributed by atoms with E-state index < -0.39 is 35.6 Å². The number of amides is 2. The molecule has 28 heavy (non-hydrogen) atoms. The van der Waals surface area contributed by atoms with E-state index in [0.717, 1.165) is 12.8 Å². The maximum Gasteiger partial charge on any atom is 0.312 e. The van der Waals surface area contributed by atoms with Gasteiger partial charge in [0, 0.05) is 24.5 Å². The first kappa shape index (κ1) is 21.5. The monoisotopic (exact) mass is 460 g/mol. The van der Waals surface area contributed by atoms with Crippen molar-refractivity contribution in [2.24, 2.45) is 11.8 Å². The van der Waals surface area contributed by atoms with Gasteiger partial charge in [0.05, 0.1) is 24.5 Å². The first-order chi connectivity index (χ1) is 13.4. The van der Waals surface area contributed by atoms with Crippen molar-refractivity contribution in [3.63, 3.8) is 0 Å². The predicted octanol–water partition coefficient (Wildman–Crippen LogP) is 0.596. The molecule has 3 fully saturated rings. The van der Waals surface area contributed by atoms with E-state index in [4.69, 9.17) is 9.47 Å². The van der Waals surface area contributed by atoms with E-state index in [-0.39, 0.29) is 36.4 Å².